The lowest BCUT2D eigenvalue weighted by Crippen LogP contribution is -2.06. The minimum absolute atomic E-state index is 0.0547. The first kappa shape index (κ1) is 17.9. The maximum atomic E-state index is 10.6. The van der Waals surface area contributed by atoms with Crippen LogP contribution in [0.4, 0.5) is 5.69 Å². The third-order valence-electron chi connectivity index (χ3n) is 4.00. The molecule has 1 N–H and O–H groups in total. The van der Waals surface area contributed by atoms with Crippen molar-refractivity contribution in [2.24, 2.45) is 4.99 Å². The quantitative estimate of drug-likeness (QED) is 0.420. The van der Waals surface area contributed by atoms with Gasteiger partial charge in [0, 0.05) is 5.02 Å². The summed E-state index contributed by atoms with van der Waals surface area (Å²) < 4.78 is 2.36. The number of aromatic hydroxyl groups is 1. The summed E-state index contributed by atoms with van der Waals surface area (Å²) in [6.45, 7) is 3.95. The van der Waals surface area contributed by atoms with Crippen LogP contribution in [-0.2, 0) is 0 Å². The number of hydrogen-bond acceptors (Lipinski definition) is 4. The highest BCUT2D eigenvalue weighted by Gasteiger charge is 2.16. The van der Waals surface area contributed by atoms with Crippen molar-refractivity contribution < 1.29 is 5.11 Å². The summed E-state index contributed by atoms with van der Waals surface area (Å²) in [5, 5.41) is 11.3. The molecule has 0 bridgehead atoms. The lowest BCUT2D eigenvalue weighted by atomic mass is 10.1. The molecule has 1 atom stereocenters. The standard InChI is InChI=1S/C19H17ClN2OS2/c1-12-8-9-15(10-16(12)20)21-11-17-18(23)22(19(24)25-17)13(2)14-6-4-3-5-7-14/h3-11,13,23H,1-2H3/t13-/m1/s1. The van der Waals surface area contributed by atoms with Crippen molar-refractivity contribution in [3.8, 4) is 5.88 Å². The Labute approximate surface area is 160 Å². The Morgan fingerprint density at radius 2 is 1.96 bits per heavy atom. The SMILES string of the molecule is Cc1ccc(N=Cc2sc(=S)n([C@H](C)c3ccccc3)c2O)cc1Cl. The van der Waals surface area contributed by atoms with E-state index in [1.165, 1.54) is 11.3 Å². The molecule has 0 saturated carbocycles. The second kappa shape index (κ2) is 7.52. The zero-order valence-electron chi connectivity index (χ0n) is 13.8. The van der Waals surface area contributed by atoms with E-state index in [2.05, 4.69) is 4.99 Å². The topological polar surface area (TPSA) is 37.5 Å². The summed E-state index contributed by atoms with van der Waals surface area (Å²) >= 11 is 12.9. The Balaban J connectivity index is 1.93. The Morgan fingerprint density at radius 1 is 1.24 bits per heavy atom. The fraction of sp³-hybridized carbons (Fsp3) is 0.158. The first-order valence-corrected chi connectivity index (χ1v) is 9.37. The smallest absolute Gasteiger partial charge is 0.212 e. The second-order valence-electron chi connectivity index (χ2n) is 5.70. The Kier molecular flexibility index (Phi) is 5.37. The molecule has 0 aliphatic carbocycles. The molecule has 25 heavy (non-hydrogen) atoms. The molecule has 0 aliphatic heterocycles. The zero-order valence-corrected chi connectivity index (χ0v) is 16.2. The molecule has 3 rings (SSSR count). The van der Waals surface area contributed by atoms with Crippen molar-refractivity contribution in [2.75, 3.05) is 0 Å². The molecule has 6 heteroatoms. The van der Waals surface area contributed by atoms with E-state index in [9.17, 15) is 5.11 Å². The average Bonchev–Trinajstić information content (AvgIpc) is 2.90. The minimum atomic E-state index is -0.0547. The number of benzene rings is 2. The van der Waals surface area contributed by atoms with E-state index < -0.39 is 0 Å². The van der Waals surface area contributed by atoms with E-state index in [1.54, 1.807) is 16.8 Å². The third-order valence-corrected chi connectivity index (χ3v) is 5.73. The minimum Gasteiger partial charge on any atom is -0.493 e. The summed E-state index contributed by atoms with van der Waals surface area (Å²) in [6.07, 6.45) is 1.63. The number of halogens is 1. The summed E-state index contributed by atoms with van der Waals surface area (Å²) in [5.41, 5.74) is 2.82. The lowest BCUT2D eigenvalue weighted by molar-refractivity contribution is 0.405. The maximum Gasteiger partial charge on any atom is 0.212 e. The van der Waals surface area contributed by atoms with E-state index in [0.29, 0.717) is 13.9 Å². The molecule has 2 aromatic carbocycles. The van der Waals surface area contributed by atoms with Gasteiger partial charge in [-0.15, -0.1) is 0 Å². The second-order valence-corrected chi connectivity index (χ2v) is 7.79. The molecule has 0 unspecified atom stereocenters. The highest BCUT2D eigenvalue weighted by molar-refractivity contribution is 7.73. The van der Waals surface area contributed by atoms with Crippen molar-refractivity contribution in [1.82, 2.24) is 4.57 Å². The van der Waals surface area contributed by atoms with Crippen LogP contribution >= 0.6 is 35.2 Å². The average molecular weight is 389 g/mol. The molecular weight excluding hydrogens is 372 g/mol. The van der Waals surface area contributed by atoms with Crippen LogP contribution in [-0.4, -0.2) is 15.9 Å². The molecule has 0 radical (unpaired) electrons. The van der Waals surface area contributed by atoms with Gasteiger partial charge >= 0.3 is 0 Å². The van der Waals surface area contributed by atoms with Crippen LogP contribution in [0.3, 0.4) is 0 Å². The molecule has 3 nitrogen and oxygen atoms in total. The predicted molar refractivity (Wildman–Crippen MR) is 109 cm³/mol. The summed E-state index contributed by atoms with van der Waals surface area (Å²) in [6, 6.07) is 15.5. The number of thiazole rings is 1. The van der Waals surface area contributed by atoms with Crippen molar-refractivity contribution in [3.05, 3.63) is 73.5 Å². The molecule has 0 aliphatic rings. The summed E-state index contributed by atoms with van der Waals surface area (Å²) in [5.74, 6) is 0.133. The Morgan fingerprint density at radius 3 is 2.64 bits per heavy atom. The largest absolute Gasteiger partial charge is 0.493 e. The van der Waals surface area contributed by atoms with Gasteiger partial charge in [-0.3, -0.25) is 9.56 Å². The normalized spacial score (nSPS) is 12.6. The molecule has 0 fully saturated rings. The van der Waals surface area contributed by atoms with E-state index in [-0.39, 0.29) is 11.9 Å². The van der Waals surface area contributed by atoms with Gasteiger partial charge in [0.1, 0.15) is 4.88 Å². The Hall–Kier alpha value is -1.95. The highest BCUT2D eigenvalue weighted by Crippen LogP contribution is 2.32. The fourth-order valence-corrected chi connectivity index (χ4v) is 4.01. The lowest BCUT2D eigenvalue weighted by Gasteiger charge is -2.14. The van der Waals surface area contributed by atoms with Crippen LogP contribution < -0.4 is 0 Å². The van der Waals surface area contributed by atoms with Crippen LogP contribution in [0.25, 0.3) is 0 Å². The molecule has 3 aromatic rings. The van der Waals surface area contributed by atoms with Crippen molar-refractivity contribution in [2.45, 2.75) is 19.9 Å². The molecule has 1 aromatic heterocycles. The fourth-order valence-electron chi connectivity index (χ4n) is 2.50. The third kappa shape index (κ3) is 3.84. The molecule has 0 amide bonds. The van der Waals surface area contributed by atoms with Gasteiger partial charge in [-0.25, -0.2) is 0 Å². The van der Waals surface area contributed by atoms with Crippen molar-refractivity contribution >= 4 is 47.1 Å². The predicted octanol–water partition coefficient (Wildman–Crippen LogP) is 6.31. The zero-order chi connectivity index (χ0) is 18.0. The van der Waals surface area contributed by atoms with Gasteiger partial charge in [-0.05, 0) is 49.3 Å². The molecule has 0 saturated heterocycles. The first-order valence-electron chi connectivity index (χ1n) is 7.77. The molecule has 128 valence electrons. The first-order chi connectivity index (χ1) is 12.0. The Bertz CT molecular complexity index is 977. The van der Waals surface area contributed by atoms with E-state index >= 15 is 0 Å². The monoisotopic (exact) mass is 388 g/mol. The molecule has 0 spiro atoms. The van der Waals surface area contributed by atoms with Gasteiger partial charge in [-0.2, -0.15) is 0 Å². The summed E-state index contributed by atoms with van der Waals surface area (Å²) in [7, 11) is 0. The van der Waals surface area contributed by atoms with Crippen LogP contribution in [0.15, 0.2) is 53.5 Å². The number of hydrogen-bond donors (Lipinski definition) is 1. The van der Waals surface area contributed by atoms with Crippen LogP contribution in [0, 0.1) is 10.9 Å². The number of aliphatic imine (C=N–C) groups is 1. The number of aromatic nitrogens is 1. The highest BCUT2D eigenvalue weighted by atomic mass is 35.5. The van der Waals surface area contributed by atoms with Gasteiger partial charge in [0.15, 0.2) is 3.95 Å². The maximum absolute atomic E-state index is 10.6. The van der Waals surface area contributed by atoms with E-state index in [0.717, 1.165) is 16.8 Å². The van der Waals surface area contributed by atoms with Gasteiger partial charge < -0.3 is 5.11 Å². The van der Waals surface area contributed by atoms with Gasteiger partial charge in [0.05, 0.1) is 17.9 Å². The van der Waals surface area contributed by atoms with Gasteiger partial charge in [0.25, 0.3) is 0 Å². The van der Waals surface area contributed by atoms with Crippen LogP contribution in [0.1, 0.15) is 29.0 Å². The van der Waals surface area contributed by atoms with Gasteiger partial charge in [0.2, 0.25) is 5.88 Å². The van der Waals surface area contributed by atoms with Gasteiger partial charge in [-0.1, -0.05) is 59.3 Å². The number of rotatable bonds is 4. The van der Waals surface area contributed by atoms with Crippen molar-refractivity contribution in [1.29, 1.82) is 0 Å². The number of aryl methyl sites for hydroxylation is 1. The molecule has 1 heterocycles. The van der Waals surface area contributed by atoms with Crippen LogP contribution in [0.2, 0.25) is 5.02 Å². The van der Waals surface area contributed by atoms with E-state index in [4.69, 9.17) is 23.8 Å². The summed E-state index contributed by atoms with van der Waals surface area (Å²) in [4.78, 5) is 5.04. The number of nitrogens with zero attached hydrogens (tertiary/aromatic N) is 2. The van der Waals surface area contributed by atoms with Crippen molar-refractivity contribution in [3.63, 3.8) is 0 Å². The molecular formula is C19H17ClN2OS2. The van der Waals surface area contributed by atoms with Crippen LogP contribution in [0.5, 0.6) is 5.88 Å². The van der Waals surface area contributed by atoms with E-state index in [1.807, 2.05) is 56.3 Å².